The molecule has 1 unspecified atom stereocenters. The van der Waals surface area contributed by atoms with Crippen LogP contribution < -0.4 is 0 Å². The summed E-state index contributed by atoms with van der Waals surface area (Å²) in [5.41, 5.74) is -2.67. The average molecular weight is 645 g/mol. The molecule has 0 aromatic heterocycles. The number of nitrogens with zero attached hydrogens (tertiary/aromatic N) is 2. The fourth-order valence-corrected chi connectivity index (χ4v) is 3.83. The van der Waals surface area contributed by atoms with Crippen LogP contribution in [0.3, 0.4) is 0 Å². The van der Waals surface area contributed by atoms with E-state index < -0.39 is 52.3 Å². The van der Waals surface area contributed by atoms with Crippen molar-refractivity contribution in [3.8, 4) is 0 Å². The van der Waals surface area contributed by atoms with Gasteiger partial charge in [0.1, 0.15) is 28.4 Å². The molecule has 0 aromatic carbocycles. The van der Waals surface area contributed by atoms with Crippen molar-refractivity contribution in [3.05, 3.63) is 12.7 Å². The lowest BCUT2D eigenvalue weighted by Crippen LogP contribution is -2.48. The minimum absolute atomic E-state index is 0.0899. The Kier molecular flexibility index (Phi) is 18.1. The van der Waals surface area contributed by atoms with Crippen molar-refractivity contribution < 1.29 is 47.6 Å². The predicted molar refractivity (Wildman–Crippen MR) is 172 cm³/mol. The van der Waals surface area contributed by atoms with Gasteiger partial charge in [-0.1, -0.05) is 6.08 Å². The number of carbonyl (C=O) groups is 4. The van der Waals surface area contributed by atoms with E-state index >= 15 is 0 Å². The molecule has 0 saturated heterocycles. The lowest BCUT2D eigenvalue weighted by Gasteiger charge is -2.32. The number of rotatable bonds is 19. The van der Waals surface area contributed by atoms with Gasteiger partial charge < -0.3 is 28.4 Å². The van der Waals surface area contributed by atoms with Gasteiger partial charge in [0.2, 0.25) is 0 Å². The molecule has 0 rings (SSSR count). The van der Waals surface area contributed by atoms with Crippen LogP contribution in [0.2, 0.25) is 0 Å². The Morgan fingerprint density at radius 1 is 0.578 bits per heavy atom. The van der Waals surface area contributed by atoms with Crippen molar-refractivity contribution in [2.45, 2.75) is 118 Å². The highest BCUT2D eigenvalue weighted by molar-refractivity contribution is 5.78. The summed E-state index contributed by atoms with van der Waals surface area (Å²) in [4.78, 5) is 53.7. The van der Waals surface area contributed by atoms with Gasteiger partial charge in [-0.05, 0) is 89.5 Å². The molecular formula is C33H60N2O10. The number of hydrogen-bond acceptors (Lipinski definition) is 12. The van der Waals surface area contributed by atoms with Crippen LogP contribution in [0.5, 0.6) is 0 Å². The predicted octanol–water partition coefficient (Wildman–Crippen LogP) is 3.94. The molecule has 0 aromatic rings. The lowest BCUT2D eigenvalue weighted by molar-refractivity contribution is -0.166. The molecule has 0 saturated carbocycles. The second kappa shape index (κ2) is 19.2. The molecule has 0 aliphatic heterocycles. The summed E-state index contributed by atoms with van der Waals surface area (Å²) < 4.78 is 33.3. The maximum absolute atomic E-state index is 13.0. The van der Waals surface area contributed by atoms with Crippen molar-refractivity contribution >= 4 is 23.9 Å². The van der Waals surface area contributed by atoms with E-state index in [2.05, 4.69) is 6.58 Å². The molecule has 0 bridgehead atoms. The summed E-state index contributed by atoms with van der Waals surface area (Å²) >= 11 is 0. The van der Waals surface area contributed by atoms with Crippen molar-refractivity contribution in [2.75, 3.05) is 59.2 Å². The first-order valence-electron chi connectivity index (χ1n) is 15.5. The smallest absolute Gasteiger partial charge is 0.324 e. The molecule has 0 amide bonds. The molecule has 0 aliphatic carbocycles. The van der Waals surface area contributed by atoms with E-state index in [1.807, 2.05) is 0 Å². The summed E-state index contributed by atoms with van der Waals surface area (Å²) in [6.07, 6.45) is 1.89. The first kappa shape index (κ1) is 42.5. The van der Waals surface area contributed by atoms with Gasteiger partial charge in [0.25, 0.3) is 0 Å². The van der Waals surface area contributed by atoms with E-state index in [1.54, 1.807) is 99.0 Å². The third-order valence-electron chi connectivity index (χ3n) is 5.25. The third kappa shape index (κ3) is 24.4. The second-order valence-corrected chi connectivity index (χ2v) is 14.7. The Labute approximate surface area is 271 Å². The Morgan fingerprint density at radius 3 is 1.33 bits per heavy atom. The van der Waals surface area contributed by atoms with Gasteiger partial charge >= 0.3 is 23.9 Å². The molecule has 0 aliphatic rings. The summed E-state index contributed by atoms with van der Waals surface area (Å²) in [7, 11) is 0. The first-order valence-corrected chi connectivity index (χ1v) is 15.5. The Bertz CT molecular complexity index is 909. The zero-order valence-corrected chi connectivity index (χ0v) is 29.9. The molecule has 12 heteroatoms. The quantitative estimate of drug-likeness (QED) is 0.0874. The van der Waals surface area contributed by atoms with Gasteiger partial charge in [-0.3, -0.25) is 29.0 Å². The molecule has 0 spiro atoms. The minimum atomic E-state index is -0.741. The standard InChI is InChI=1S/C33H60N2O10/c1-14-15-25(29(39)45-33(11,12)13)35(24-28(38)44-32(8,9)10)17-19-41-21-20-40-18-16-34(22-26(36)42-30(2,3)4)23-27(37)43-31(5,6)7/h14,25H,1,15-24H2,2-13H3. The highest BCUT2D eigenvalue weighted by Crippen LogP contribution is 2.16. The highest BCUT2D eigenvalue weighted by atomic mass is 16.6. The number of esters is 4. The van der Waals surface area contributed by atoms with Gasteiger partial charge in [0.15, 0.2) is 0 Å². The molecule has 0 heterocycles. The Balaban J connectivity index is 5.07. The zero-order chi connectivity index (χ0) is 35.1. The molecular weight excluding hydrogens is 584 g/mol. The van der Waals surface area contributed by atoms with Crippen molar-refractivity contribution in [2.24, 2.45) is 0 Å². The number of hydrogen-bond donors (Lipinski definition) is 0. The minimum Gasteiger partial charge on any atom is -0.459 e. The topological polar surface area (TPSA) is 130 Å². The molecule has 0 radical (unpaired) electrons. The van der Waals surface area contributed by atoms with Crippen LogP contribution in [0, 0.1) is 0 Å². The van der Waals surface area contributed by atoms with Crippen molar-refractivity contribution in [3.63, 3.8) is 0 Å². The van der Waals surface area contributed by atoms with Gasteiger partial charge in [0.05, 0.1) is 46.1 Å². The monoisotopic (exact) mass is 644 g/mol. The van der Waals surface area contributed by atoms with Gasteiger partial charge in [-0.25, -0.2) is 0 Å². The molecule has 45 heavy (non-hydrogen) atoms. The normalized spacial score (nSPS) is 13.4. The van der Waals surface area contributed by atoms with E-state index in [1.165, 1.54) is 0 Å². The zero-order valence-electron chi connectivity index (χ0n) is 29.9. The summed E-state index contributed by atoms with van der Waals surface area (Å²) in [5.74, 6) is -1.83. The highest BCUT2D eigenvalue weighted by Gasteiger charge is 2.32. The van der Waals surface area contributed by atoms with Crippen LogP contribution in [0.25, 0.3) is 0 Å². The number of ether oxygens (including phenoxy) is 6. The molecule has 262 valence electrons. The molecule has 12 nitrogen and oxygen atoms in total. The number of carbonyl (C=O) groups excluding carboxylic acids is 4. The van der Waals surface area contributed by atoms with E-state index in [9.17, 15) is 19.2 Å². The lowest BCUT2D eigenvalue weighted by atomic mass is 10.1. The SMILES string of the molecule is C=CCC(C(=O)OC(C)(C)C)N(CCOCCOCCN(CC(=O)OC(C)(C)C)CC(=O)OC(C)(C)C)CC(=O)OC(C)(C)C. The summed E-state index contributed by atoms with van der Waals surface area (Å²) in [6.45, 7) is 26.3. The van der Waals surface area contributed by atoms with Crippen LogP contribution in [-0.4, -0.2) is 121 Å². The first-order chi connectivity index (χ1) is 20.4. The fraction of sp³-hybridized carbons (Fsp3) is 0.818. The average Bonchev–Trinajstić information content (AvgIpc) is 2.78. The Hall–Kier alpha value is -2.54. The van der Waals surface area contributed by atoms with E-state index in [0.29, 0.717) is 6.54 Å². The molecule has 0 N–H and O–H groups in total. The molecule has 0 fully saturated rings. The van der Waals surface area contributed by atoms with E-state index in [4.69, 9.17) is 28.4 Å². The van der Waals surface area contributed by atoms with Crippen LogP contribution in [0.15, 0.2) is 12.7 Å². The molecule has 1 atom stereocenters. The largest absolute Gasteiger partial charge is 0.459 e. The van der Waals surface area contributed by atoms with Gasteiger partial charge in [0, 0.05) is 13.1 Å². The van der Waals surface area contributed by atoms with Crippen LogP contribution in [-0.2, 0) is 47.6 Å². The van der Waals surface area contributed by atoms with Gasteiger partial charge in [-0.15, -0.1) is 6.58 Å². The Morgan fingerprint density at radius 2 is 0.956 bits per heavy atom. The van der Waals surface area contributed by atoms with E-state index in [-0.39, 0.29) is 59.0 Å². The summed E-state index contributed by atoms with van der Waals surface area (Å²) in [5, 5.41) is 0. The fourth-order valence-electron chi connectivity index (χ4n) is 3.83. The third-order valence-corrected chi connectivity index (χ3v) is 5.25. The van der Waals surface area contributed by atoms with Crippen LogP contribution in [0.4, 0.5) is 0 Å². The van der Waals surface area contributed by atoms with Crippen molar-refractivity contribution in [1.29, 1.82) is 0 Å². The van der Waals surface area contributed by atoms with Gasteiger partial charge in [-0.2, -0.15) is 0 Å². The summed E-state index contributed by atoms with van der Waals surface area (Å²) in [6, 6.07) is -0.741. The van der Waals surface area contributed by atoms with Crippen LogP contribution >= 0.6 is 0 Å². The second-order valence-electron chi connectivity index (χ2n) is 14.7. The van der Waals surface area contributed by atoms with Crippen molar-refractivity contribution in [1.82, 2.24) is 9.80 Å². The maximum atomic E-state index is 13.0. The van der Waals surface area contributed by atoms with Crippen LogP contribution in [0.1, 0.15) is 89.5 Å². The van der Waals surface area contributed by atoms with E-state index in [0.717, 1.165) is 0 Å². The maximum Gasteiger partial charge on any atom is 0.324 e.